The molecule has 2 heterocycles. The van der Waals surface area contributed by atoms with Gasteiger partial charge in [-0.3, -0.25) is 9.69 Å². The van der Waals surface area contributed by atoms with Gasteiger partial charge in [-0.2, -0.15) is 0 Å². The third-order valence-corrected chi connectivity index (χ3v) is 5.00. The van der Waals surface area contributed by atoms with E-state index in [4.69, 9.17) is 16.6 Å². The standard InChI is InChI=1S/C18H16FNO2S2/c1-2-3-9-20-17(21)16(24-18(20)23)11-14-7-8-15(22-14)12-5-4-6-13(19)10-12/h4-8,10-11H,2-3,9H2,1H3. The van der Waals surface area contributed by atoms with Gasteiger partial charge in [-0.05, 0) is 30.7 Å². The van der Waals surface area contributed by atoms with Gasteiger partial charge in [0.2, 0.25) is 0 Å². The third kappa shape index (κ3) is 3.60. The van der Waals surface area contributed by atoms with Crippen molar-refractivity contribution in [1.29, 1.82) is 0 Å². The molecule has 6 heteroatoms. The van der Waals surface area contributed by atoms with Crippen LogP contribution in [0.5, 0.6) is 0 Å². The summed E-state index contributed by atoms with van der Waals surface area (Å²) in [5.41, 5.74) is 0.658. The fourth-order valence-corrected chi connectivity index (χ4v) is 3.65. The molecule has 0 N–H and O–H groups in total. The predicted molar refractivity (Wildman–Crippen MR) is 98.9 cm³/mol. The van der Waals surface area contributed by atoms with E-state index in [1.807, 2.05) is 0 Å². The Kier molecular flexibility index (Phi) is 5.16. The van der Waals surface area contributed by atoms with Crippen molar-refractivity contribution in [2.45, 2.75) is 19.8 Å². The van der Waals surface area contributed by atoms with Crippen LogP contribution in [0.15, 0.2) is 45.7 Å². The van der Waals surface area contributed by atoms with Crippen LogP contribution < -0.4 is 0 Å². The number of benzene rings is 1. The Morgan fingerprint density at radius 3 is 2.92 bits per heavy atom. The van der Waals surface area contributed by atoms with E-state index in [9.17, 15) is 9.18 Å². The van der Waals surface area contributed by atoms with Gasteiger partial charge < -0.3 is 4.42 Å². The molecule has 1 fully saturated rings. The smallest absolute Gasteiger partial charge is 0.266 e. The van der Waals surface area contributed by atoms with Gasteiger partial charge in [0.25, 0.3) is 5.91 Å². The van der Waals surface area contributed by atoms with Crippen LogP contribution in [-0.4, -0.2) is 21.7 Å². The molecule has 1 aromatic heterocycles. The Balaban J connectivity index is 1.80. The number of nitrogens with zero attached hydrogens (tertiary/aromatic N) is 1. The molecule has 0 bridgehead atoms. The Labute approximate surface area is 149 Å². The molecule has 1 aliphatic heterocycles. The average molecular weight is 361 g/mol. The van der Waals surface area contributed by atoms with E-state index in [0.717, 1.165) is 12.8 Å². The predicted octanol–water partition coefficient (Wildman–Crippen LogP) is 5.09. The van der Waals surface area contributed by atoms with E-state index >= 15 is 0 Å². The largest absolute Gasteiger partial charge is 0.457 e. The fraction of sp³-hybridized carbons (Fsp3) is 0.222. The maximum absolute atomic E-state index is 13.3. The number of furan rings is 1. The Hall–Kier alpha value is -1.92. The molecule has 2 aromatic rings. The molecule has 3 nitrogen and oxygen atoms in total. The maximum atomic E-state index is 13.3. The summed E-state index contributed by atoms with van der Waals surface area (Å²) in [7, 11) is 0. The molecular formula is C18H16FNO2S2. The lowest BCUT2D eigenvalue weighted by Crippen LogP contribution is -2.28. The molecule has 3 rings (SSSR count). The molecule has 1 amide bonds. The lowest BCUT2D eigenvalue weighted by Gasteiger charge is -2.12. The van der Waals surface area contributed by atoms with Gasteiger partial charge in [-0.1, -0.05) is 49.5 Å². The van der Waals surface area contributed by atoms with Crippen LogP contribution in [0.4, 0.5) is 4.39 Å². The number of hydrogen-bond acceptors (Lipinski definition) is 4. The lowest BCUT2D eigenvalue weighted by atomic mass is 10.2. The number of amides is 1. The van der Waals surface area contributed by atoms with Gasteiger partial charge in [0.15, 0.2) is 0 Å². The van der Waals surface area contributed by atoms with Gasteiger partial charge >= 0.3 is 0 Å². The van der Waals surface area contributed by atoms with Crippen LogP contribution in [-0.2, 0) is 4.79 Å². The highest BCUT2D eigenvalue weighted by molar-refractivity contribution is 8.26. The van der Waals surface area contributed by atoms with E-state index in [1.165, 1.54) is 23.9 Å². The first-order valence-electron chi connectivity index (χ1n) is 7.69. The molecule has 0 saturated carbocycles. The summed E-state index contributed by atoms with van der Waals surface area (Å²) in [4.78, 5) is 14.6. The minimum absolute atomic E-state index is 0.0813. The summed E-state index contributed by atoms with van der Waals surface area (Å²) in [5, 5.41) is 0. The van der Waals surface area contributed by atoms with Gasteiger partial charge in [0, 0.05) is 18.2 Å². The highest BCUT2D eigenvalue weighted by Crippen LogP contribution is 2.33. The van der Waals surface area contributed by atoms with E-state index in [0.29, 0.717) is 32.9 Å². The fourth-order valence-electron chi connectivity index (χ4n) is 2.37. The van der Waals surface area contributed by atoms with Crippen molar-refractivity contribution < 1.29 is 13.6 Å². The zero-order valence-electron chi connectivity index (χ0n) is 13.1. The van der Waals surface area contributed by atoms with Crippen LogP contribution in [0.2, 0.25) is 0 Å². The van der Waals surface area contributed by atoms with Crippen LogP contribution in [0.3, 0.4) is 0 Å². The van der Waals surface area contributed by atoms with Crippen molar-refractivity contribution in [2.24, 2.45) is 0 Å². The molecule has 0 atom stereocenters. The second-order valence-electron chi connectivity index (χ2n) is 5.40. The molecule has 1 saturated heterocycles. The molecule has 24 heavy (non-hydrogen) atoms. The summed E-state index contributed by atoms with van der Waals surface area (Å²) in [6.45, 7) is 2.72. The molecule has 1 aliphatic rings. The van der Waals surface area contributed by atoms with Crippen molar-refractivity contribution in [3.63, 3.8) is 0 Å². The molecule has 124 valence electrons. The van der Waals surface area contributed by atoms with Crippen molar-refractivity contribution in [3.05, 3.63) is 52.9 Å². The highest BCUT2D eigenvalue weighted by Gasteiger charge is 2.31. The van der Waals surface area contributed by atoms with Gasteiger partial charge in [-0.15, -0.1) is 0 Å². The van der Waals surface area contributed by atoms with Gasteiger partial charge in [0.05, 0.1) is 4.91 Å². The third-order valence-electron chi connectivity index (χ3n) is 3.62. The topological polar surface area (TPSA) is 33.5 Å². The molecule has 0 aliphatic carbocycles. The molecule has 0 spiro atoms. The Morgan fingerprint density at radius 1 is 1.33 bits per heavy atom. The van der Waals surface area contributed by atoms with E-state index in [2.05, 4.69) is 6.92 Å². The van der Waals surface area contributed by atoms with Crippen molar-refractivity contribution in [3.8, 4) is 11.3 Å². The minimum Gasteiger partial charge on any atom is -0.457 e. The first-order chi connectivity index (χ1) is 11.6. The van der Waals surface area contributed by atoms with Gasteiger partial charge in [0.1, 0.15) is 21.7 Å². The number of carbonyl (C=O) groups excluding carboxylic acids is 1. The van der Waals surface area contributed by atoms with Crippen molar-refractivity contribution >= 4 is 40.3 Å². The first-order valence-corrected chi connectivity index (χ1v) is 8.92. The molecule has 0 unspecified atom stereocenters. The van der Waals surface area contributed by atoms with E-state index < -0.39 is 0 Å². The van der Waals surface area contributed by atoms with Crippen LogP contribution in [0.1, 0.15) is 25.5 Å². The van der Waals surface area contributed by atoms with Crippen molar-refractivity contribution in [1.82, 2.24) is 4.90 Å². The maximum Gasteiger partial charge on any atom is 0.266 e. The van der Waals surface area contributed by atoms with Crippen LogP contribution in [0, 0.1) is 5.82 Å². The van der Waals surface area contributed by atoms with Gasteiger partial charge in [-0.25, -0.2) is 4.39 Å². The number of unbranched alkanes of at least 4 members (excludes halogenated alkanes) is 1. The van der Waals surface area contributed by atoms with Crippen molar-refractivity contribution in [2.75, 3.05) is 6.54 Å². The van der Waals surface area contributed by atoms with Crippen LogP contribution in [0.25, 0.3) is 17.4 Å². The molecule has 1 aromatic carbocycles. The lowest BCUT2D eigenvalue weighted by molar-refractivity contribution is -0.122. The summed E-state index contributed by atoms with van der Waals surface area (Å²) in [6, 6.07) is 9.72. The minimum atomic E-state index is -0.317. The number of halogens is 1. The van der Waals surface area contributed by atoms with Crippen LogP contribution >= 0.6 is 24.0 Å². The number of thiocarbonyl (C=S) groups is 1. The number of carbonyl (C=O) groups is 1. The normalized spacial score (nSPS) is 16.4. The average Bonchev–Trinajstić information content (AvgIpc) is 3.12. The zero-order chi connectivity index (χ0) is 17.1. The Bertz CT molecular complexity index is 813. The summed E-state index contributed by atoms with van der Waals surface area (Å²) >= 11 is 6.56. The summed E-state index contributed by atoms with van der Waals surface area (Å²) in [6.07, 6.45) is 3.61. The number of hydrogen-bond donors (Lipinski definition) is 0. The SMILES string of the molecule is CCCCN1C(=O)C(=Cc2ccc(-c3cccc(F)c3)o2)SC1=S. The summed E-state index contributed by atoms with van der Waals surface area (Å²) in [5.74, 6) is 0.705. The number of thioether (sulfide) groups is 1. The second-order valence-corrected chi connectivity index (χ2v) is 7.08. The first kappa shape index (κ1) is 16.9. The Morgan fingerprint density at radius 2 is 2.17 bits per heavy atom. The summed E-state index contributed by atoms with van der Waals surface area (Å²) < 4.78 is 19.6. The highest BCUT2D eigenvalue weighted by atomic mass is 32.2. The quantitative estimate of drug-likeness (QED) is 0.549. The molecular weight excluding hydrogens is 345 g/mol. The molecule has 0 radical (unpaired) electrons. The van der Waals surface area contributed by atoms with E-state index in [-0.39, 0.29) is 11.7 Å². The van der Waals surface area contributed by atoms with E-state index in [1.54, 1.807) is 35.2 Å². The number of rotatable bonds is 5. The monoisotopic (exact) mass is 361 g/mol. The zero-order valence-corrected chi connectivity index (χ0v) is 14.8. The second kappa shape index (κ2) is 7.32.